The maximum Gasteiger partial charge on any atom is 0.185 e. The second-order valence-corrected chi connectivity index (χ2v) is 3.37. The molecule has 82 valence electrons. The third-order valence-electron chi connectivity index (χ3n) is 1.88. The molecule has 0 aromatic carbocycles. The number of rotatable bonds is 7. The van der Waals surface area contributed by atoms with Gasteiger partial charge in [0.15, 0.2) is 5.96 Å². The van der Waals surface area contributed by atoms with Crippen LogP contribution < -0.4 is 17.2 Å². The summed E-state index contributed by atoms with van der Waals surface area (Å²) in [6.07, 6.45) is 3.28. The number of aliphatic imine (C=N–C) groups is 1. The molecule has 0 bridgehead atoms. The highest BCUT2D eigenvalue weighted by Gasteiger charge is 2.05. The van der Waals surface area contributed by atoms with Gasteiger partial charge < -0.3 is 17.2 Å². The third-order valence-corrected chi connectivity index (χ3v) is 1.88. The van der Waals surface area contributed by atoms with Gasteiger partial charge in [-0.3, -0.25) is 9.79 Å². The molecule has 0 unspecified atom stereocenters. The maximum absolute atomic E-state index is 11.1. The summed E-state index contributed by atoms with van der Waals surface area (Å²) in [5, 5.41) is 0. The Labute approximate surface area is 84.7 Å². The normalized spacial score (nSPS) is 12.1. The molecule has 14 heavy (non-hydrogen) atoms. The van der Waals surface area contributed by atoms with Crippen molar-refractivity contribution in [3.63, 3.8) is 0 Å². The molecule has 0 radical (unpaired) electrons. The largest absolute Gasteiger partial charge is 0.370 e. The van der Waals surface area contributed by atoms with E-state index in [2.05, 4.69) is 4.99 Å². The van der Waals surface area contributed by atoms with Crippen molar-refractivity contribution in [1.29, 1.82) is 0 Å². The van der Waals surface area contributed by atoms with Crippen molar-refractivity contribution < 1.29 is 4.79 Å². The van der Waals surface area contributed by atoms with Crippen LogP contribution in [-0.2, 0) is 4.79 Å². The molecule has 0 fully saturated rings. The van der Waals surface area contributed by atoms with E-state index in [1.165, 1.54) is 0 Å². The molecular weight excluding hydrogens is 180 g/mol. The molecule has 5 nitrogen and oxygen atoms in total. The minimum Gasteiger partial charge on any atom is -0.370 e. The number of carbonyl (C=O) groups excluding carboxylic acids is 1. The van der Waals surface area contributed by atoms with Crippen LogP contribution in [0, 0.1) is 0 Å². The van der Waals surface area contributed by atoms with Gasteiger partial charge in [-0.15, -0.1) is 0 Å². The Morgan fingerprint density at radius 3 is 2.43 bits per heavy atom. The third kappa shape index (κ3) is 7.54. The Morgan fingerprint density at radius 1 is 1.29 bits per heavy atom. The van der Waals surface area contributed by atoms with Crippen molar-refractivity contribution in [2.45, 2.75) is 38.6 Å². The summed E-state index contributed by atoms with van der Waals surface area (Å²) >= 11 is 0. The van der Waals surface area contributed by atoms with Crippen LogP contribution >= 0.6 is 0 Å². The lowest BCUT2D eigenvalue weighted by Gasteiger charge is -2.03. The molecule has 6 N–H and O–H groups in total. The summed E-state index contributed by atoms with van der Waals surface area (Å²) in [6.45, 7) is 2.34. The topological polar surface area (TPSA) is 107 Å². The van der Waals surface area contributed by atoms with Crippen molar-refractivity contribution in [1.82, 2.24) is 0 Å². The summed E-state index contributed by atoms with van der Waals surface area (Å²) in [5.41, 5.74) is 15.7. The van der Waals surface area contributed by atoms with Gasteiger partial charge in [-0.05, 0) is 19.8 Å². The van der Waals surface area contributed by atoms with Gasteiger partial charge in [-0.2, -0.15) is 0 Å². The Balaban J connectivity index is 3.30. The summed E-state index contributed by atoms with van der Waals surface area (Å²) in [4.78, 5) is 14.9. The molecule has 0 spiro atoms. The monoisotopic (exact) mass is 200 g/mol. The lowest BCUT2D eigenvalue weighted by Crippen LogP contribution is -2.26. The van der Waals surface area contributed by atoms with Gasteiger partial charge in [0.1, 0.15) is 5.78 Å². The summed E-state index contributed by atoms with van der Waals surface area (Å²) in [7, 11) is 0. The lowest BCUT2D eigenvalue weighted by atomic mass is 10.1. The molecule has 0 aromatic heterocycles. The maximum atomic E-state index is 11.1. The molecule has 0 saturated heterocycles. The fourth-order valence-electron chi connectivity index (χ4n) is 1.02. The van der Waals surface area contributed by atoms with Crippen molar-refractivity contribution >= 4 is 11.7 Å². The molecule has 0 aliphatic heterocycles. The Bertz CT molecular complexity index is 197. The summed E-state index contributed by atoms with van der Waals surface area (Å²) < 4.78 is 0. The van der Waals surface area contributed by atoms with E-state index < -0.39 is 0 Å². The standard InChI is InChI=1S/C9H20N4O/c1-7(10)8(14)5-3-2-4-6-13-9(11)12/h7H,2-6,10H2,1H3,(H4,11,12,13)/t7-/m0/s1. The van der Waals surface area contributed by atoms with Gasteiger partial charge in [-0.1, -0.05) is 6.42 Å². The van der Waals surface area contributed by atoms with E-state index >= 15 is 0 Å². The molecule has 0 amide bonds. The second kappa shape index (κ2) is 7.32. The number of hydrogen-bond donors (Lipinski definition) is 3. The van der Waals surface area contributed by atoms with Crippen molar-refractivity contribution in [2.75, 3.05) is 6.54 Å². The van der Waals surface area contributed by atoms with E-state index in [0.717, 1.165) is 19.3 Å². The highest BCUT2D eigenvalue weighted by atomic mass is 16.1. The molecule has 0 rings (SSSR count). The van der Waals surface area contributed by atoms with Gasteiger partial charge >= 0.3 is 0 Å². The van der Waals surface area contributed by atoms with E-state index in [0.29, 0.717) is 13.0 Å². The number of hydrogen-bond acceptors (Lipinski definition) is 3. The smallest absolute Gasteiger partial charge is 0.185 e. The molecule has 0 aliphatic carbocycles. The van der Waals surface area contributed by atoms with E-state index in [4.69, 9.17) is 17.2 Å². The minimum atomic E-state index is -0.340. The fraction of sp³-hybridized carbons (Fsp3) is 0.778. The minimum absolute atomic E-state index is 0.117. The number of guanidine groups is 1. The van der Waals surface area contributed by atoms with E-state index in [9.17, 15) is 4.79 Å². The van der Waals surface area contributed by atoms with E-state index in [1.807, 2.05) is 0 Å². The van der Waals surface area contributed by atoms with Gasteiger partial charge in [0.25, 0.3) is 0 Å². The van der Waals surface area contributed by atoms with Crippen LogP contribution in [0.1, 0.15) is 32.6 Å². The SMILES string of the molecule is C[C@H](N)C(=O)CCCCCN=C(N)N. The first-order chi connectivity index (χ1) is 6.54. The first-order valence-corrected chi connectivity index (χ1v) is 4.87. The van der Waals surface area contributed by atoms with Gasteiger partial charge in [0.2, 0.25) is 0 Å². The van der Waals surface area contributed by atoms with Crippen molar-refractivity contribution in [3.8, 4) is 0 Å². The number of nitrogens with two attached hydrogens (primary N) is 3. The highest BCUT2D eigenvalue weighted by Crippen LogP contribution is 2.01. The zero-order valence-corrected chi connectivity index (χ0v) is 8.70. The predicted molar refractivity (Wildman–Crippen MR) is 57.8 cm³/mol. The molecular formula is C9H20N4O. The van der Waals surface area contributed by atoms with Crippen LogP contribution in [0.4, 0.5) is 0 Å². The van der Waals surface area contributed by atoms with Crippen LogP contribution in [-0.4, -0.2) is 24.3 Å². The van der Waals surface area contributed by atoms with Crippen molar-refractivity contribution in [3.05, 3.63) is 0 Å². The predicted octanol–water partition coefficient (Wildman–Crippen LogP) is -0.263. The molecule has 1 atom stereocenters. The zero-order chi connectivity index (χ0) is 11.0. The van der Waals surface area contributed by atoms with Gasteiger partial charge in [0.05, 0.1) is 6.04 Å². The lowest BCUT2D eigenvalue weighted by molar-refractivity contribution is -0.120. The molecule has 0 aliphatic rings. The molecule has 0 aromatic rings. The summed E-state index contributed by atoms with van der Waals surface area (Å²) in [5.74, 6) is 0.239. The molecule has 0 heterocycles. The van der Waals surface area contributed by atoms with Crippen molar-refractivity contribution in [2.24, 2.45) is 22.2 Å². The number of Topliss-reactive ketones (excluding diaryl/α,β-unsaturated/α-hetero) is 1. The first-order valence-electron chi connectivity index (χ1n) is 4.87. The Morgan fingerprint density at radius 2 is 1.93 bits per heavy atom. The average molecular weight is 200 g/mol. The van der Waals surface area contributed by atoms with Crippen LogP contribution in [0.25, 0.3) is 0 Å². The molecule has 0 saturated carbocycles. The first kappa shape index (κ1) is 12.9. The second-order valence-electron chi connectivity index (χ2n) is 3.37. The average Bonchev–Trinajstić information content (AvgIpc) is 2.09. The van der Waals surface area contributed by atoms with Gasteiger partial charge in [0, 0.05) is 13.0 Å². The highest BCUT2D eigenvalue weighted by molar-refractivity contribution is 5.83. The van der Waals surface area contributed by atoms with Crippen LogP contribution in [0.15, 0.2) is 4.99 Å². The van der Waals surface area contributed by atoms with E-state index in [1.54, 1.807) is 6.92 Å². The van der Waals surface area contributed by atoms with Crippen LogP contribution in [0.3, 0.4) is 0 Å². The number of nitrogens with zero attached hydrogens (tertiary/aromatic N) is 1. The zero-order valence-electron chi connectivity index (χ0n) is 8.70. The molecule has 5 heteroatoms. The van der Waals surface area contributed by atoms with Crippen LogP contribution in [0.5, 0.6) is 0 Å². The van der Waals surface area contributed by atoms with E-state index in [-0.39, 0.29) is 17.8 Å². The number of ketones is 1. The van der Waals surface area contributed by atoms with Crippen LogP contribution in [0.2, 0.25) is 0 Å². The summed E-state index contributed by atoms with van der Waals surface area (Å²) in [6, 6.07) is -0.340. The Hall–Kier alpha value is -1.10. The number of carbonyl (C=O) groups is 1. The van der Waals surface area contributed by atoms with Gasteiger partial charge in [-0.25, -0.2) is 0 Å². The number of unbranched alkanes of at least 4 members (excludes halogenated alkanes) is 2. The Kier molecular flexibility index (Phi) is 6.74. The quantitative estimate of drug-likeness (QED) is 0.299. The fourth-order valence-corrected chi connectivity index (χ4v) is 1.02.